The SMILES string of the molecule is CC1Cn2ncc(N3CC(C)(C)CC3=O)c2CN1. The van der Waals surface area contributed by atoms with Gasteiger partial charge in [-0.05, 0) is 12.3 Å². The fourth-order valence-corrected chi connectivity index (χ4v) is 2.86. The molecular formula is C13H20N4O. The van der Waals surface area contributed by atoms with E-state index in [4.69, 9.17) is 0 Å². The maximum absolute atomic E-state index is 12.1. The Balaban J connectivity index is 1.92. The Morgan fingerprint density at radius 2 is 2.28 bits per heavy atom. The van der Waals surface area contributed by atoms with Crippen LogP contribution in [0.1, 0.15) is 32.9 Å². The van der Waals surface area contributed by atoms with E-state index >= 15 is 0 Å². The number of hydrogen-bond donors (Lipinski definition) is 1. The second kappa shape index (κ2) is 3.82. The highest BCUT2D eigenvalue weighted by Gasteiger charge is 2.38. The summed E-state index contributed by atoms with van der Waals surface area (Å²) in [6.45, 7) is 8.89. The molecule has 1 amide bonds. The molecule has 1 fully saturated rings. The van der Waals surface area contributed by atoms with E-state index in [0.717, 1.165) is 31.0 Å². The first-order chi connectivity index (χ1) is 8.46. The van der Waals surface area contributed by atoms with E-state index in [0.29, 0.717) is 12.5 Å². The van der Waals surface area contributed by atoms with Gasteiger partial charge in [-0.2, -0.15) is 5.10 Å². The first-order valence-electron chi connectivity index (χ1n) is 6.55. The lowest BCUT2D eigenvalue weighted by Crippen LogP contribution is -2.38. The Kier molecular flexibility index (Phi) is 2.48. The van der Waals surface area contributed by atoms with Crippen molar-refractivity contribution in [3.8, 4) is 0 Å². The number of carbonyl (C=O) groups is 1. The number of nitrogens with one attached hydrogen (secondary N) is 1. The molecule has 5 nitrogen and oxygen atoms in total. The fourth-order valence-electron chi connectivity index (χ4n) is 2.86. The molecule has 1 aromatic heterocycles. The van der Waals surface area contributed by atoms with Crippen molar-refractivity contribution in [2.24, 2.45) is 5.41 Å². The highest BCUT2D eigenvalue weighted by molar-refractivity contribution is 5.96. The number of carbonyl (C=O) groups excluding carboxylic acids is 1. The maximum Gasteiger partial charge on any atom is 0.227 e. The molecule has 2 aliphatic rings. The summed E-state index contributed by atoms with van der Waals surface area (Å²) in [6.07, 6.45) is 2.47. The summed E-state index contributed by atoms with van der Waals surface area (Å²) in [4.78, 5) is 14.0. The summed E-state index contributed by atoms with van der Waals surface area (Å²) < 4.78 is 2.02. The predicted octanol–water partition coefficient (Wildman–Crippen LogP) is 1.14. The third kappa shape index (κ3) is 1.82. The summed E-state index contributed by atoms with van der Waals surface area (Å²) in [5.41, 5.74) is 2.20. The number of anilines is 1. The monoisotopic (exact) mass is 248 g/mol. The number of fused-ring (bicyclic) bond motifs is 1. The van der Waals surface area contributed by atoms with Gasteiger partial charge in [-0.1, -0.05) is 13.8 Å². The van der Waals surface area contributed by atoms with Gasteiger partial charge in [-0.25, -0.2) is 0 Å². The minimum absolute atomic E-state index is 0.0707. The normalized spacial score (nSPS) is 26.5. The molecule has 1 unspecified atom stereocenters. The van der Waals surface area contributed by atoms with Crippen molar-refractivity contribution in [3.63, 3.8) is 0 Å². The van der Waals surface area contributed by atoms with E-state index in [1.54, 1.807) is 0 Å². The third-order valence-electron chi connectivity index (χ3n) is 3.80. The van der Waals surface area contributed by atoms with Crippen LogP contribution in [0.15, 0.2) is 6.20 Å². The van der Waals surface area contributed by atoms with Crippen molar-refractivity contribution in [1.29, 1.82) is 0 Å². The van der Waals surface area contributed by atoms with Gasteiger partial charge >= 0.3 is 0 Å². The standard InChI is InChI=1S/C13H20N4O/c1-9-7-17-11(5-14-9)10(6-15-17)16-8-13(2,3)4-12(16)18/h6,9,14H,4-5,7-8H2,1-3H3. The molecule has 5 heteroatoms. The van der Waals surface area contributed by atoms with Gasteiger partial charge < -0.3 is 10.2 Å². The van der Waals surface area contributed by atoms with Crippen molar-refractivity contribution >= 4 is 11.6 Å². The Morgan fingerprint density at radius 1 is 1.50 bits per heavy atom. The van der Waals surface area contributed by atoms with Crippen LogP contribution in [0.2, 0.25) is 0 Å². The van der Waals surface area contributed by atoms with Crippen molar-refractivity contribution < 1.29 is 4.79 Å². The number of aromatic nitrogens is 2. The molecule has 1 atom stereocenters. The topological polar surface area (TPSA) is 50.2 Å². The molecule has 3 heterocycles. The lowest BCUT2D eigenvalue weighted by Gasteiger charge is -2.25. The summed E-state index contributed by atoms with van der Waals surface area (Å²) in [5, 5.41) is 7.84. The van der Waals surface area contributed by atoms with Gasteiger partial charge in [0.25, 0.3) is 0 Å². The zero-order valence-electron chi connectivity index (χ0n) is 11.2. The van der Waals surface area contributed by atoms with E-state index in [9.17, 15) is 4.79 Å². The van der Waals surface area contributed by atoms with Crippen molar-refractivity contribution in [2.45, 2.75) is 46.3 Å². The average molecular weight is 248 g/mol. The molecule has 0 aliphatic carbocycles. The molecule has 2 aliphatic heterocycles. The number of rotatable bonds is 1. The van der Waals surface area contributed by atoms with Gasteiger partial charge in [0.15, 0.2) is 0 Å². The molecule has 0 spiro atoms. The highest BCUT2D eigenvalue weighted by atomic mass is 16.2. The van der Waals surface area contributed by atoms with E-state index in [2.05, 4.69) is 31.2 Å². The summed E-state index contributed by atoms with van der Waals surface area (Å²) in [5.74, 6) is 0.217. The summed E-state index contributed by atoms with van der Waals surface area (Å²) in [7, 11) is 0. The first-order valence-corrected chi connectivity index (χ1v) is 6.55. The molecule has 98 valence electrons. The Labute approximate surface area is 107 Å². The lowest BCUT2D eigenvalue weighted by atomic mass is 9.93. The first kappa shape index (κ1) is 11.7. The molecule has 0 bridgehead atoms. The van der Waals surface area contributed by atoms with Crippen LogP contribution in [0.4, 0.5) is 5.69 Å². The number of amides is 1. The smallest absolute Gasteiger partial charge is 0.227 e. The van der Waals surface area contributed by atoms with Crippen LogP contribution in [0.25, 0.3) is 0 Å². The molecular weight excluding hydrogens is 228 g/mol. The van der Waals surface area contributed by atoms with Gasteiger partial charge in [0.05, 0.1) is 24.1 Å². The van der Waals surface area contributed by atoms with E-state index in [1.165, 1.54) is 0 Å². The van der Waals surface area contributed by atoms with Crippen LogP contribution in [0.3, 0.4) is 0 Å². The molecule has 18 heavy (non-hydrogen) atoms. The fraction of sp³-hybridized carbons (Fsp3) is 0.692. The van der Waals surface area contributed by atoms with E-state index < -0.39 is 0 Å². The van der Waals surface area contributed by atoms with E-state index in [1.807, 2.05) is 15.8 Å². The molecule has 3 rings (SSSR count). The second-order valence-corrected chi connectivity index (χ2v) is 6.26. The number of hydrogen-bond acceptors (Lipinski definition) is 3. The van der Waals surface area contributed by atoms with Gasteiger partial charge in [-0.15, -0.1) is 0 Å². The Morgan fingerprint density at radius 3 is 2.94 bits per heavy atom. The zero-order chi connectivity index (χ0) is 12.9. The molecule has 0 aromatic carbocycles. The predicted molar refractivity (Wildman–Crippen MR) is 69.3 cm³/mol. The van der Waals surface area contributed by atoms with Gasteiger partial charge in [0.2, 0.25) is 5.91 Å². The molecule has 1 aromatic rings. The van der Waals surface area contributed by atoms with Crippen molar-refractivity contribution in [3.05, 3.63) is 11.9 Å². The minimum atomic E-state index is 0.0707. The minimum Gasteiger partial charge on any atom is -0.309 e. The quantitative estimate of drug-likeness (QED) is 0.810. The molecule has 1 saturated heterocycles. The lowest BCUT2D eigenvalue weighted by molar-refractivity contribution is -0.117. The highest BCUT2D eigenvalue weighted by Crippen LogP contribution is 2.35. The number of nitrogens with zero attached hydrogens (tertiary/aromatic N) is 3. The Bertz CT molecular complexity index is 491. The van der Waals surface area contributed by atoms with Crippen molar-refractivity contribution in [1.82, 2.24) is 15.1 Å². The molecule has 0 radical (unpaired) electrons. The van der Waals surface area contributed by atoms with Crippen LogP contribution < -0.4 is 10.2 Å². The third-order valence-corrected chi connectivity index (χ3v) is 3.80. The van der Waals surface area contributed by atoms with Crippen LogP contribution in [-0.2, 0) is 17.9 Å². The maximum atomic E-state index is 12.1. The largest absolute Gasteiger partial charge is 0.309 e. The van der Waals surface area contributed by atoms with Gasteiger partial charge in [0.1, 0.15) is 0 Å². The second-order valence-electron chi connectivity index (χ2n) is 6.26. The Hall–Kier alpha value is -1.36. The molecule has 1 N–H and O–H groups in total. The van der Waals surface area contributed by atoms with Gasteiger partial charge in [-0.3, -0.25) is 9.48 Å². The molecule has 0 saturated carbocycles. The van der Waals surface area contributed by atoms with E-state index in [-0.39, 0.29) is 11.3 Å². The van der Waals surface area contributed by atoms with Crippen molar-refractivity contribution in [2.75, 3.05) is 11.4 Å². The summed E-state index contributed by atoms with van der Waals surface area (Å²) in [6, 6.07) is 0.441. The summed E-state index contributed by atoms with van der Waals surface area (Å²) >= 11 is 0. The van der Waals surface area contributed by atoms with Crippen LogP contribution >= 0.6 is 0 Å². The van der Waals surface area contributed by atoms with Gasteiger partial charge in [0, 0.05) is 25.6 Å². The van der Waals surface area contributed by atoms with Crippen LogP contribution in [0.5, 0.6) is 0 Å². The average Bonchev–Trinajstić information content (AvgIpc) is 2.78. The van der Waals surface area contributed by atoms with Crippen LogP contribution in [0, 0.1) is 5.41 Å². The van der Waals surface area contributed by atoms with Crippen LogP contribution in [-0.4, -0.2) is 28.3 Å². The zero-order valence-corrected chi connectivity index (χ0v) is 11.2.